The number of nitrogens with one attached hydrogen (secondary N) is 1. The standard InChI is InChI=1S/C17H26N2O/c1-17(2,3)12-16(20)19-10-9-18-13-15(19)11-14-7-5-4-6-8-14/h4-8,15,18H,9-13H2,1-3H3. The van der Waals surface area contributed by atoms with Crippen molar-refractivity contribution >= 4 is 5.91 Å². The average molecular weight is 274 g/mol. The van der Waals surface area contributed by atoms with E-state index in [1.807, 2.05) is 6.07 Å². The predicted molar refractivity (Wildman–Crippen MR) is 82.6 cm³/mol. The van der Waals surface area contributed by atoms with Crippen LogP contribution in [0.25, 0.3) is 0 Å². The van der Waals surface area contributed by atoms with E-state index in [1.54, 1.807) is 0 Å². The third kappa shape index (κ3) is 4.34. The first-order valence-electron chi connectivity index (χ1n) is 7.50. The maximum absolute atomic E-state index is 12.5. The SMILES string of the molecule is CC(C)(C)CC(=O)N1CCNCC1Cc1ccccc1. The minimum Gasteiger partial charge on any atom is -0.337 e. The molecule has 20 heavy (non-hydrogen) atoms. The van der Waals surface area contributed by atoms with Gasteiger partial charge >= 0.3 is 0 Å². The van der Waals surface area contributed by atoms with Crippen molar-refractivity contribution in [2.75, 3.05) is 19.6 Å². The van der Waals surface area contributed by atoms with Crippen molar-refractivity contribution in [3.05, 3.63) is 35.9 Å². The Balaban J connectivity index is 2.03. The molecule has 3 nitrogen and oxygen atoms in total. The molecule has 1 amide bonds. The molecule has 0 spiro atoms. The molecule has 1 aliphatic heterocycles. The highest BCUT2D eigenvalue weighted by Gasteiger charge is 2.29. The molecule has 1 heterocycles. The van der Waals surface area contributed by atoms with Crippen molar-refractivity contribution in [3.8, 4) is 0 Å². The van der Waals surface area contributed by atoms with E-state index in [1.165, 1.54) is 5.56 Å². The highest BCUT2D eigenvalue weighted by Crippen LogP contribution is 2.22. The second kappa shape index (κ2) is 6.40. The first-order valence-corrected chi connectivity index (χ1v) is 7.50. The van der Waals surface area contributed by atoms with Crippen LogP contribution < -0.4 is 5.32 Å². The fraction of sp³-hybridized carbons (Fsp3) is 0.588. The topological polar surface area (TPSA) is 32.3 Å². The van der Waals surface area contributed by atoms with Crippen LogP contribution in [-0.4, -0.2) is 36.5 Å². The van der Waals surface area contributed by atoms with E-state index in [-0.39, 0.29) is 11.5 Å². The van der Waals surface area contributed by atoms with Crippen molar-refractivity contribution in [2.24, 2.45) is 5.41 Å². The Kier molecular flexibility index (Phi) is 4.81. The van der Waals surface area contributed by atoms with Gasteiger partial charge in [-0.15, -0.1) is 0 Å². The lowest BCUT2D eigenvalue weighted by Crippen LogP contribution is -2.55. The van der Waals surface area contributed by atoms with Crippen LogP contribution in [0.15, 0.2) is 30.3 Å². The van der Waals surface area contributed by atoms with Gasteiger partial charge < -0.3 is 10.2 Å². The number of amides is 1. The molecule has 0 saturated carbocycles. The van der Waals surface area contributed by atoms with E-state index in [4.69, 9.17) is 0 Å². The van der Waals surface area contributed by atoms with Crippen molar-refractivity contribution in [1.29, 1.82) is 0 Å². The van der Waals surface area contributed by atoms with Gasteiger partial charge in [0.2, 0.25) is 5.91 Å². The molecule has 3 heteroatoms. The molecule has 0 aromatic heterocycles. The van der Waals surface area contributed by atoms with Crippen molar-refractivity contribution < 1.29 is 4.79 Å². The Bertz CT molecular complexity index is 436. The largest absolute Gasteiger partial charge is 0.337 e. The first kappa shape index (κ1) is 15.0. The maximum atomic E-state index is 12.5. The minimum absolute atomic E-state index is 0.0548. The number of nitrogens with zero attached hydrogens (tertiary/aromatic N) is 1. The van der Waals surface area contributed by atoms with Gasteiger partial charge in [-0.25, -0.2) is 0 Å². The zero-order valence-corrected chi connectivity index (χ0v) is 12.9. The summed E-state index contributed by atoms with van der Waals surface area (Å²) in [5.41, 5.74) is 1.36. The summed E-state index contributed by atoms with van der Waals surface area (Å²) >= 11 is 0. The molecular weight excluding hydrogens is 248 g/mol. The molecule has 2 rings (SSSR count). The van der Waals surface area contributed by atoms with Crippen LogP contribution in [0.2, 0.25) is 0 Å². The number of rotatable bonds is 3. The van der Waals surface area contributed by atoms with Crippen LogP contribution in [0.5, 0.6) is 0 Å². The Morgan fingerprint density at radius 2 is 2.00 bits per heavy atom. The highest BCUT2D eigenvalue weighted by molar-refractivity contribution is 5.77. The van der Waals surface area contributed by atoms with Crippen LogP contribution in [0.1, 0.15) is 32.8 Å². The molecule has 1 aliphatic rings. The molecule has 1 aromatic rings. The molecule has 1 N–H and O–H groups in total. The van der Waals surface area contributed by atoms with Gasteiger partial charge in [-0.1, -0.05) is 51.1 Å². The molecule has 1 atom stereocenters. The molecule has 1 aromatic carbocycles. The molecule has 1 unspecified atom stereocenters. The fourth-order valence-electron chi connectivity index (χ4n) is 2.71. The van der Waals surface area contributed by atoms with Gasteiger partial charge in [-0.2, -0.15) is 0 Å². The molecular formula is C17H26N2O. The lowest BCUT2D eigenvalue weighted by atomic mass is 9.91. The number of carbonyl (C=O) groups excluding carboxylic acids is 1. The maximum Gasteiger partial charge on any atom is 0.223 e. The Labute approximate surface area is 122 Å². The molecule has 110 valence electrons. The summed E-state index contributed by atoms with van der Waals surface area (Å²) in [5.74, 6) is 0.292. The number of benzene rings is 1. The lowest BCUT2D eigenvalue weighted by Gasteiger charge is -2.38. The van der Waals surface area contributed by atoms with Crippen LogP contribution in [-0.2, 0) is 11.2 Å². The van der Waals surface area contributed by atoms with Gasteiger partial charge in [0.05, 0.1) is 0 Å². The number of carbonyl (C=O) groups is 1. The quantitative estimate of drug-likeness (QED) is 0.918. The minimum atomic E-state index is 0.0548. The molecule has 0 bridgehead atoms. The molecule has 0 aliphatic carbocycles. The normalized spacial score (nSPS) is 19.9. The highest BCUT2D eigenvalue weighted by atomic mass is 16.2. The van der Waals surface area contributed by atoms with E-state index >= 15 is 0 Å². The summed E-state index contributed by atoms with van der Waals surface area (Å²) < 4.78 is 0. The molecule has 0 radical (unpaired) electrons. The first-order chi connectivity index (χ1) is 9.46. The van der Waals surface area contributed by atoms with Gasteiger partial charge in [0.25, 0.3) is 0 Å². The molecule has 1 saturated heterocycles. The number of hydrogen-bond acceptors (Lipinski definition) is 2. The third-order valence-electron chi connectivity index (χ3n) is 3.67. The van der Waals surface area contributed by atoms with Crippen LogP contribution in [0.3, 0.4) is 0 Å². The van der Waals surface area contributed by atoms with Crippen LogP contribution in [0, 0.1) is 5.41 Å². The van der Waals surface area contributed by atoms with Crippen molar-refractivity contribution in [3.63, 3.8) is 0 Å². The zero-order valence-electron chi connectivity index (χ0n) is 12.9. The Hall–Kier alpha value is -1.35. The Morgan fingerprint density at radius 3 is 2.65 bits per heavy atom. The number of piperazine rings is 1. The van der Waals surface area contributed by atoms with Crippen LogP contribution >= 0.6 is 0 Å². The smallest absolute Gasteiger partial charge is 0.223 e. The van der Waals surface area contributed by atoms with Gasteiger partial charge in [-0.3, -0.25) is 4.79 Å². The van der Waals surface area contributed by atoms with E-state index in [9.17, 15) is 4.79 Å². The zero-order chi connectivity index (χ0) is 14.6. The van der Waals surface area contributed by atoms with E-state index in [0.717, 1.165) is 26.1 Å². The molecule has 1 fully saturated rings. The van der Waals surface area contributed by atoms with Gasteiger partial charge in [-0.05, 0) is 17.4 Å². The summed E-state index contributed by atoms with van der Waals surface area (Å²) in [7, 11) is 0. The lowest BCUT2D eigenvalue weighted by molar-refractivity contribution is -0.136. The summed E-state index contributed by atoms with van der Waals surface area (Å²) in [5, 5.41) is 3.41. The number of hydrogen-bond donors (Lipinski definition) is 1. The summed E-state index contributed by atoms with van der Waals surface area (Å²) in [6.45, 7) is 9.00. The predicted octanol–water partition coefficient (Wildman–Crippen LogP) is 2.47. The summed E-state index contributed by atoms with van der Waals surface area (Å²) in [6.07, 6.45) is 1.56. The van der Waals surface area contributed by atoms with E-state index in [2.05, 4.69) is 55.3 Å². The van der Waals surface area contributed by atoms with Crippen molar-refractivity contribution in [1.82, 2.24) is 10.2 Å². The van der Waals surface area contributed by atoms with Crippen LogP contribution in [0.4, 0.5) is 0 Å². The second-order valence-corrected chi connectivity index (χ2v) is 6.87. The van der Waals surface area contributed by atoms with Crippen molar-refractivity contribution in [2.45, 2.75) is 39.7 Å². The third-order valence-corrected chi connectivity index (χ3v) is 3.67. The fourth-order valence-corrected chi connectivity index (χ4v) is 2.71. The van der Waals surface area contributed by atoms with E-state index < -0.39 is 0 Å². The summed E-state index contributed by atoms with van der Waals surface area (Å²) in [4.78, 5) is 14.6. The monoisotopic (exact) mass is 274 g/mol. The van der Waals surface area contributed by atoms with Gasteiger partial charge in [0.15, 0.2) is 0 Å². The summed E-state index contributed by atoms with van der Waals surface area (Å²) in [6, 6.07) is 10.7. The average Bonchev–Trinajstić information content (AvgIpc) is 2.38. The Morgan fingerprint density at radius 1 is 1.30 bits per heavy atom. The van der Waals surface area contributed by atoms with E-state index in [0.29, 0.717) is 12.3 Å². The van der Waals surface area contributed by atoms with Gasteiger partial charge in [0.1, 0.15) is 0 Å². The second-order valence-electron chi connectivity index (χ2n) is 6.87. The van der Waals surface area contributed by atoms with Gasteiger partial charge in [0, 0.05) is 32.1 Å².